The molecule has 3 nitrogen and oxygen atoms in total. The van der Waals surface area contributed by atoms with Crippen molar-refractivity contribution >= 4 is 34.3 Å². The summed E-state index contributed by atoms with van der Waals surface area (Å²) in [6, 6.07) is 0. The minimum absolute atomic E-state index is 0. The maximum absolute atomic E-state index is 9.77. The number of carboxylic acid groups (broad SMARTS) is 1. The average molecular weight is 199 g/mol. The van der Waals surface area contributed by atoms with Crippen molar-refractivity contribution in [3.05, 3.63) is 0 Å². The Morgan fingerprint density at radius 2 is 2.10 bits per heavy atom. The van der Waals surface area contributed by atoms with E-state index in [1.165, 1.54) is 0 Å². The molecule has 0 rings (SSSR count). The third-order valence-corrected chi connectivity index (χ3v) is 1.37. The molecule has 0 bridgehead atoms. The third kappa shape index (κ3) is 16.4. The number of thioether (sulfide) groups is 1. The molecule has 0 saturated heterocycles. The Labute approximate surface area is 116 Å². The summed E-state index contributed by atoms with van der Waals surface area (Å²) in [5.41, 5.74) is 4.97. The van der Waals surface area contributed by atoms with Gasteiger partial charge in [-0.15, -0.1) is 0 Å². The molecule has 0 heterocycles. The van der Waals surface area contributed by atoms with Crippen LogP contribution in [0.15, 0.2) is 0 Å². The Kier molecular flexibility index (Phi) is 19.0. The largest absolute Gasteiger partial charge is 1.00 e. The van der Waals surface area contributed by atoms with Crippen LogP contribution in [0.4, 0.5) is 0 Å². The first kappa shape index (κ1) is 17.7. The van der Waals surface area contributed by atoms with Gasteiger partial charge in [-0.3, -0.25) is 4.79 Å². The Morgan fingerprint density at radius 1 is 1.70 bits per heavy atom. The fourth-order valence-corrected chi connectivity index (χ4v) is 0.575. The van der Waals surface area contributed by atoms with Crippen molar-refractivity contribution in [3.8, 4) is 0 Å². The van der Waals surface area contributed by atoms with Crippen molar-refractivity contribution in [1.82, 2.24) is 0 Å². The van der Waals surface area contributed by atoms with Crippen LogP contribution in [0.2, 0.25) is 0 Å². The fourth-order valence-electron chi connectivity index (χ4n) is 0.133. The van der Waals surface area contributed by atoms with Crippen molar-refractivity contribution in [2.75, 3.05) is 5.75 Å². The molecular weight excluding hydrogens is 192 g/mol. The summed E-state index contributed by atoms with van der Waals surface area (Å²) in [7, 11) is 0. The van der Waals surface area contributed by atoms with Gasteiger partial charge in [0.1, 0.15) is 4.32 Å². The van der Waals surface area contributed by atoms with Crippen LogP contribution in [0.5, 0.6) is 0 Å². The van der Waals surface area contributed by atoms with E-state index >= 15 is 0 Å². The third-order valence-electron chi connectivity index (χ3n) is 0.338. The van der Waals surface area contributed by atoms with E-state index in [2.05, 4.69) is 12.2 Å². The molecule has 0 unspecified atom stereocenters. The molecule has 3 N–H and O–H groups in total. The molecule has 0 amide bonds. The molecule has 7 heteroatoms. The summed E-state index contributed by atoms with van der Waals surface area (Å²) in [5.74, 6) is -0.946. The predicted octanol–water partition coefficient (Wildman–Crippen LogP) is -5.72. The minimum Gasteiger partial charge on any atom is -1.00 e. The molecule has 0 aliphatic carbocycles. The van der Waals surface area contributed by atoms with Crippen LogP contribution >= 0.6 is 24.0 Å². The molecule has 0 atom stereocenters. The summed E-state index contributed by atoms with van der Waals surface area (Å²) in [6.07, 6.45) is 0. The van der Waals surface area contributed by atoms with Crippen molar-refractivity contribution < 1.29 is 71.9 Å². The van der Waals surface area contributed by atoms with E-state index in [0.29, 0.717) is 0 Å². The molecular formula is C3H7NNa2O2S2. The zero-order valence-electron chi connectivity index (χ0n) is 7.96. The van der Waals surface area contributed by atoms with E-state index < -0.39 is 5.97 Å². The maximum atomic E-state index is 9.77. The zero-order chi connectivity index (χ0) is 6.57. The molecule has 0 aromatic rings. The molecule has 0 aromatic heterocycles. The number of carboxylic acids is 1. The SMILES string of the molecule is NC(=S)SCC(=O)O.[H-].[H-].[Na+].[Na+]. The number of hydrogen-bond acceptors (Lipinski definition) is 3. The van der Waals surface area contributed by atoms with Crippen LogP contribution in [-0.2, 0) is 4.79 Å². The standard InChI is InChI=1S/C3H5NO2S2.2Na.2H/c4-3(7)8-1-2(5)6;;;;/h1H2,(H2,4,7)(H,5,6);;;;/q;2*+1;2*-1. The number of aliphatic carboxylic acids is 1. The van der Waals surface area contributed by atoms with Gasteiger partial charge < -0.3 is 13.7 Å². The van der Waals surface area contributed by atoms with E-state index in [-0.39, 0.29) is 72.0 Å². The molecule has 10 heavy (non-hydrogen) atoms. The van der Waals surface area contributed by atoms with Crippen molar-refractivity contribution in [2.45, 2.75) is 0 Å². The molecule has 0 radical (unpaired) electrons. The van der Waals surface area contributed by atoms with E-state index in [0.717, 1.165) is 11.8 Å². The van der Waals surface area contributed by atoms with Gasteiger partial charge in [0.05, 0.1) is 5.75 Å². The molecule has 0 aliphatic rings. The molecule has 50 valence electrons. The Bertz CT molecular complexity index is 115. The Morgan fingerprint density at radius 3 is 2.20 bits per heavy atom. The summed E-state index contributed by atoms with van der Waals surface area (Å²) in [5, 5.41) is 8.03. The van der Waals surface area contributed by atoms with Crippen LogP contribution in [0, 0.1) is 0 Å². The van der Waals surface area contributed by atoms with Crippen LogP contribution in [-0.4, -0.2) is 21.1 Å². The van der Waals surface area contributed by atoms with Gasteiger partial charge in [-0.25, -0.2) is 0 Å². The van der Waals surface area contributed by atoms with E-state index in [1.54, 1.807) is 0 Å². The van der Waals surface area contributed by atoms with Gasteiger partial charge in [0, 0.05) is 0 Å². The summed E-state index contributed by atoms with van der Waals surface area (Å²) in [6.45, 7) is 0. The summed E-state index contributed by atoms with van der Waals surface area (Å²) in [4.78, 5) is 9.77. The van der Waals surface area contributed by atoms with Crippen LogP contribution in [0.25, 0.3) is 0 Å². The average Bonchev–Trinajstić information content (AvgIpc) is 1.61. The first-order chi connectivity index (χ1) is 3.63. The summed E-state index contributed by atoms with van der Waals surface area (Å²) < 4.78 is 0.174. The Balaban J connectivity index is -0.0000000408. The number of hydrogen-bond donors (Lipinski definition) is 2. The number of carbonyl (C=O) groups is 1. The summed E-state index contributed by atoms with van der Waals surface area (Å²) >= 11 is 5.34. The van der Waals surface area contributed by atoms with Gasteiger partial charge in [-0.2, -0.15) is 0 Å². The van der Waals surface area contributed by atoms with Crippen molar-refractivity contribution in [3.63, 3.8) is 0 Å². The minimum atomic E-state index is -0.900. The monoisotopic (exact) mass is 199 g/mol. The van der Waals surface area contributed by atoms with Gasteiger partial charge in [-0.1, -0.05) is 24.0 Å². The van der Waals surface area contributed by atoms with Gasteiger partial charge in [0.15, 0.2) is 0 Å². The van der Waals surface area contributed by atoms with E-state index in [1.807, 2.05) is 0 Å². The van der Waals surface area contributed by atoms with Crippen LogP contribution in [0.1, 0.15) is 2.85 Å². The second kappa shape index (κ2) is 10.7. The molecule has 0 aliphatic heterocycles. The number of nitrogens with two attached hydrogens (primary N) is 1. The quantitative estimate of drug-likeness (QED) is 0.343. The number of thiocarbonyl (C=S) groups is 1. The van der Waals surface area contributed by atoms with Crippen LogP contribution < -0.4 is 64.8 Å². The Hall–Kier alpha value is 1.71. The van der Waals surface area contributed by atoms with Gasteiger partial charge in [0.2, 0.25) is 0 Å². The zero-order valence-corrected chi connectivity index (χ0v) is 11.6. The predicted molar refractivity (Wildman–Crippen MR) is 39.1 cm³/mol. The van der Waals surface area contributed by atoms with Gasteiger partial charge in [-0.05, 0) is 0 Å². The van der Waals surface area contributed by atoms with Gasteiger partial charge in [0.25, 0.3) is 0 Å². The second-order valence-corrected chi connectivity index (χ2v) is 2.72. The molecule has 0 aromatic carbocycles. The van der Waals surface area contributed by atoms with Crippen LogP contribution in [0.3, 0.4) is 0 Å². The van der Waals surface area contributed by atoms with Crippen molar-refractivity contribution in [2.24, 2.45) is 5.73 Å². The van der Waals surface area contributed by atoms with Gasteiger partial charge >= 0.3 is 65.1 Å². The molecule has 0 spiro atoms. The first-order valence-corrected chi connectivity index (χ1v) is 3.16. The van der Waals surface area contributed by atoms with E-state index in [9.17, 15) is 4.79 Å². The van der Waals surface area contributed by atoms with Crippen molar-refractivity contribution in [1.29, 1.82) is 0 Å². The second-order valence-electron chi connectivity index (χ2n) is 1.00. The molecule has 0 saturated carbocycles. The maximum Gasteiger partial charge on any atom is 1.00 e. The smallest absolute Gasteiger partial charge is 1.00 e. The number of rotatable bonds is 2. The van der Waals surface area contributed by atoms with E-state index in [4.69, 9.17) is 10.8 Å². The normalized spacial score (nSPS) is 6.80. The fraction of sp³-hybridized carbons (Fsp3) is 0.333. The first-order valence-electron chi connectivity index (χ1n) is 1.77. The topological polar surface area (TPSA) is 63.3 Å². The molecule has 0 fully saturated rings.